The number of aliphatic carboxylic acids is 2. The Morgan fingerprint density at radius 3 is 0.963 bits per heavy atom. The first-order valence-corrected chi connectivity index (χ1v) is 6.33. The van der Waals surface area contributed by atoms with E-state index in [1.165, 1.54) is 0 Å². The Labute approximate surface area is 179 Å². The molecule has 0 unspecified atom stereocenters. The largest absolute Gasteiger partial charge is 2.00 e. The Kier molecular flexibility index (Phi) is 16.5. The minimum atomic E-state index is -2.40. The number of carboxylic acid groups (broad SMARTS) is 2. The van der Waals surface area contributed by atoms with Crippen molar-refractivity contribution in [2.24, 2.45) is 0 Å². The smallest absolute Gasteiger partial charge is 0.542 e. The second-order valence-corrected chi connectivity index (χ2v) is 4.33. The van der Waals surface area contributed by atoms with Gasteiger partial charge in [0.1, 0.15) is 37.4 Å². The summed E-state index contributed by atoms with van der Waals surface area (Å²) in [6.45, 7) is -2.20. The normalized spacial score (nSPS) is 14.1. The van der Waals surface area contributed by atoms with Crippen molar-refractivity contribution >= 4 is 72.8 Å². The molecule has 0 heterocycles. The van der Waals surface area contributed by atoms with Crippen LogP contribution in [0.5, 0.6) is 0 Å². The number of aliphatic hydroxyl groups excluding tert-OH is 6. The number of carbonyl (C=O) groups is 6. The Bertz CT molecular complexity index is 522. The molecule has 0 saturated heterocycles. The predicted molar refractivity (Wildman–Crippen MR) is 74.0 cm³/mol. The van der Waals surface area contributed by atoms with Crippen molar-refractivity contribution < 1.29 is 69.6 Å². The second kappa shape index (κ2) is 14.7. The number of hydrogen-bond acceptors (Lipinski definition) is 14. The summed E-state index contributed by atoms with van der Waals surface area (Å²) in [5.74, 6) is -10.5. The summed E-state index contributed by atoms with van der Waals surface area (Å²) in [4.78, 5) is 61.4. The van der Waals surface area contributed by atoms with Crippen LogP contribution in [0.3, 0.4) is 0 Å². The van der Waals surface area contributed by atoms with Gasteiger partial charge in [-0.3, -0.25) is 19.2 Å². The fraction of sp³-hybridized carbons (Fsp3) is 0.500. The van der Waals surface area contributed by atoms with Crippen LogP contribution in [0.4, 0.5) is 0 Å². The molecule has 4 atom stereocenters. The van der Waals surface area contributed by atoms with Crippen LogP contribution in [-0.4, -0.2) is 141 Å². The number of aliphatic hydroxyl groups is 6. The minimum absolute atomic E-state index is 0. The third-order valence-corrected chi connectivity index (χ3v) is 2.51. The number of carbonyl (C=O) groups excluding carboxylic acids is 6. The number of hydrogen-bond donors (Lipinski definition) is 6. The first-order valence-electron chi connectivity index (χ1n) is 6.33. The molecule has 0 fully saturated rings. The molecule has 0 rings (SSSR count). The third kappa shape index (κ3) is 10.5. The van der Waals surface area contributed by atoms with Gasteiger partial charge in [-0.1, -0.05) is 0 Å². The van der Waals surface area contributed by atoms with Crippen LogP contribution >= 0.6 is 0 Å². The van der Waals surface area contributed by atoms with Crippen LogP contribution in [0, 0.1) is 0 Å². The van der Waals surface area contributed by atoms with Crippen molar-refractivity contribution in [3.8, 4) is 0 Å². The van der Waals surface area contributed by atoms with Crippen LogP contribution in [0.25, 0.3) is 0 Å². The SMILES string of the molecule is O=C([O-])C(=O)[C@@H](O)[C@H](O)C(=O)CO.O=C([O-])C(=O)[C@@H](O)[C@H](O)C(=O)CO.[Ca+2]. The van der Waals surface area contributed by atoms with Gasteiger partial charge >= 0.3 is 37.7 Å². The van der Waals surface area contributed by atoms with E-state index in [0.717, 1.165) is 0 Å². The van der Waals surface area contributed by atoms with Gasteiger partial charge in [-0.2, -0.15) is 0 Å². The van der Waals surface area contributed by atoms with Crippen molar-refractivity contribution in [3.63, 3.8) is 0 Å². The van der Waals surface area contributed by atoms with Crippen LogP contribution in [0.1, 0.15) is 0 Å². The second-order valence-electron chi connectivity index (χ2n) is 4.33. The minimum Gasteiger partial charge on any atom is -0.542 e. The number of Topliss-reactive ketones (excluding diaryl/α,β-unsaturated/α-hetero) is 4. The zero-order valence-corrected chi connectivity index (χ0v) is 15.6. The summed E-state index contributed by atoms with van der Waals surface area (Å²) in [7, 11) is 0. The Morgan fingerprint density at radius 1 is 0.593 bits per heavy atom. The average Bonchev–Trinajstić information content (AvgIpc) is 2.62. The van der Waals surface area contributed by atoms with Crippen molar-refractivity contribution in [3.05, 3.63) is 0 Å². The molecule has 0 saturated carbocycles. The molecule has 0 spiro atoms. The molecule has 0 aliphatic rings. The van der Waals surface area contributed by atoms with E-state index in [9.17, 15) is 39.0 Å². The van der Waals surface area contributed by atoms with Gasteiger partial charge < -0.3 is 50.4 Å². The van der Waals surface area contributed by atoms with Crippen molar-refractivity contribution in [1.82, 2.24) is 0 Å². The molecule has 0 bridgehead atoms. The van der Waals surface area contributed by atoms with Gasteiger partial charge in [0.15, 0.2) is 23.8 Å². The molecule has 0 amide bonds. The molecule has 15 heteroatoms. The fourth-order valence-electron chi connectivity index (χ4n) is 1.07. The van der Waals surface area contributed by atoms with Gasteiger partial charge in [0.25, 0.3) is 0 Å². The zero-order valence-electron chi connectivity index (χ0n) is 13.4. The molecule has 0 aromatic heterocycles. The van der Waals surface area contributed by atoms with Gasteiger partial charge in [-0.25, -0.2) is 0 Å². The summed E-state index contributed by atoms with van der Waals surface area (Å²) < 4.78 is 0. The monoisotopic (exact) mass is 422 g/mol. The predicted octanol–water partition coefficient (Wildman–Crippen LogP) is -9.20. The summed E-state index contributed by atoms with van der Waals surface area (Å²) in [6.07, 6.45) is -9.28. The maximum Gasteiger partial charge on any atom is 2.00 e. The van der Waals surface area contributed by atoms with E-state index in [1.807, 2.05) is 0 Å². The quantitative estimate of drug-likeness (QED) is 0.141. The maximum absolute atomic E-state index is 10.5. The Hall–Kier alpha value is -1.36. The van der Waals surface area contributed by atoms with Gasteiger partial charge in [0.05, 0.1) is 0 Å². The topological polar surface area (TPSA) is 270 Å². The summed E-state index contributed by atoms with van der Waals surface area (Å²) in [5, 5.41) is 70.9. The van der Waals surface area contributed by atoms with Crippen LogP contribution in [0.15, 0.2) is 0 Å². The Balaban J connectivity index is -0.000000411. The molecule has 0 aliphatic heterocycles. The fourth-order valence-corrected chi connectivity index (χ4v) is 1.07. The van der Waals surface area contributed by atoms with Crippen LogP contribution < -0.4 is 10.2 Å². The molecule has 27 heavy (non-hydrogen) atoms. The van der Waals surface area contributed by atoms with Crippen LogP contribution in [0.2, 0.25) is 0 Å². The molecule has 0 aliphatic carbocycles. The van der Waals surface area contributed by atoms with Crippen molar-refractivity contribution in [2.75, 3.05) is 13.2 Å². The molecule has 148 valence electrons. The molecule has 0 aromatic rings. The van der Waals surface area contributed by atoms with E-state index in [-0.39, 0.29) is 37.7 Å². The van der Waals surface area contributed by atoms with E-state index in [4.69, 9.17) is 30.6 Å². The molecule has 0 aromatic carbocycles. The van der Waals surface area contributed by atoms with E-state index in [1.54, 1.807) is 0 Å². The number of carboxylic acids is 2. The number of rotatable bonds is 10. The summed E-state index contributed by atoms with van der Waals surface area (Å²) in [5.41, 5.74) is 0. The molecular weight excluding hydrogens is 408 g/mol. The molecule has 6 N–H and O–H groups in total. The maximum atomic E-state index is 10.5. The first-order chi connectivity index (χ1) is 11.8. The summed E-state index contributed by atoms with van der Waals surface area (Å²) >= 11 is 0. The van der Waals surface area contributed by atoms with Crippen molar-refractivity contribution in [2.45, 2.75) is 24.4 Å². The van der Waals surface area contributed by atoms with E-state index in [2.05, 4.69) is 0 Å². The average molecular weight is 422 g/mol. The van der Waals surface area contributed by atoms with E-state index >= 15 is 0 Å². The summed E-state index contributed by atoms with van der Waals surface area (Å²) in [6, 6.07) is 0. The molecular formula is C12H14CaO14. The first kappa shape index (κ1) is 30.4. The molecule has 0 radical (unpaired) electrons. The van der Waals surface area contributed by atoms with Crippen LogP contribution in [-0.2, 0) is 28.8 Å². The Morgan fingerprint density at radius 2 is 0.815 bits per heavy atom. The standard InChI is InChI=1S/2C6H8O7.Ca/c2*7-1-2(8)3(9)4(10)5(11)6(12)13;/h2*3-4,7,9-10H,1H2,(H,12,13);/q;;+2/p-2/t2*3-,4+;/m11./s1. The molecule has 14 nitrogen and oxygen atoms in total. The van der Waals surface area contributed by atoms with Gasteiger partial charge in [0, 0.05) is 0 Å². The van der Waals surface area contributed by atoms with E-state index in [0.29, 0.717) is 0 Å². The van der Waals surface area contributed by atoms with E-state index < -0.39 is 72.7 Å². The number of ketones is 4. The van der Waals surface area contributed by atoms with Gasteiger partial charge in [0.2, 0.25) is 11.6 Å². The van der Waals surface area contributed by atoms with Gasteiger partial charge in [-0.05, 0) is 0 Å². The van der Waals surface area contributed by atoms with Gasteiger partial charge in [-0.15, -0.1) is 0 Å². The zero-order chi connectivity index (χ0) is 21.2. The van der Waals surface area contributed by atoms with Crippen molar-refractivity contribution in [1.29, 1.82) is 0 Å². The third-order valence-electron chi connectivity index (χ3n) is 2.51.